The van der Waals surface area contributed by atoms with Crippen LogP contribution in [0.1, 0.15) is 35.3 Å². The van der Waals surface area contributed by atoms with Gasteiger partial charge in [0, 0.05) is 31.1 Å². The lowest BCUT2D eigenvalue weighted by atomic mass is 10.1. The van der Waals surface area contributed by atoms with Gasteiger partial charge in [-0.1, -0.05) is 13.3 Å². The monoisotopic (exact) mass is 292 g/mol. The number of nitriles is 1. The largest absolute Gasteiger partial charge is 0.294 e. The van der Waals surface area contributed by atoms with Gasteiger partial charge in [-0.15, -0.1) is 11.3 Å². The highest BCUT2D eigenvalue weighted by Gasteiger charge is 2.23. The van der Waals surface area contributed by atoms with Crippen LogP contribution in [0.4, 0.5) is 0 Å². The summed E-state index contributed by atoms with van der Waals surface area (Å²) in [5, 5.41) is 10.5. The fourth-order valence-corrected chi connectivity index (χ4v) is 3.61. The first-order chi connectivity index (χ1) is 9.63. The summed E-state index contributed by atoms with van der Waals surface area (Å²) in [5.41, 5.74) is 1.16. The molecule has 0 radical (unpaired) electrons. The minimum atomic E-state index is 0.103. The van der Waals surface area contributed by atoms with E-state index in [1.807, 2.05) is 11.3 Å². The van der Waals surface area contributed by atoms with Crippen molar-refractivity contribution in [1.82, 2.24) is 14.8 Å². The van der Waals surface area contributed by atoms with Crippen LogP contribution >= 0.6 is 11.3 Å². The van der Waals surface area contributed by atoms with Crippen LogP contribution < -0.4 is 0 Å². The van der Waals surface area contributed by atoms with Gasteiger partial charge < -0.3 is 0 Å². The maximum atomic E-state index is 9.23. The molecule has 1 aliphatic rings. The Morgan fingerprint density at radius 2 is 2.00 bits per heavy atom. The molecule has 0 N–H and O–H groups in total. The highest BCUT2D eigenvalue weighted by Crippen LogP contribution is 2.19. The molecule has 20 heavy (non-hydrogen) atoms. The summed E-state index contributed by atoms with van der Waals surface area (Å²) in [5.74, 6) is 0. The zero-order valence-corrected chi connectivity index (χ0v) is 13.5. The Morgan fingerprint density at radius 3 is 2.50 bits per heavy atom. The lowest BCUT2D eigenvalue weighted by molar-refractivity contribution is 0.106. The number of aryl methyl sites for hydroxylation is 2. The summed E-state index contributed by atoms with van der Waals surface area (Å²) in [6, 6.07) is 2.55. The van der Waals surface area contributed by atoms with Crippen LogP contribution in [0.2, 0.25) is 0 Å². The Bertz CT molecular complexity index is 449. The zero-order valence-electron chi connectivity index (χ0n) is 12.7. The molecule has 1 aliphatic heterocycles. The van der Waals surface area contributed by atoms with E-state index < -0.39 is 0 Å². The van der Waals surface area contributed by atoms with Crippen molar-refractivity contribution in [3.8, 4) is 6.07 Å². The number of thiazole rings is 1. The molecule has 1 saturated heterocycles. The van der Waals surface area contributed by atoms with E-state index in [1.165, 1.54) is 9.88 Å². The van der Waals surface area contributed by atoms with Gasteiger partial charge >= 0.3 is 0 Å². The van der Waals surface area contributed by atoms with E-state index in [4.69, 9.17) is 0 Å². The fourth-order valence-electron chi connectivity index (χ4n) is 2.63. The van der Waals surface area contributed by atoms with E-state index >= 15 is 0 Å². The van der Waals surface area contributed by atoms with Gasteiger partial charge in [-0.25, -0.2) is 4.98 Å². The Balaban J connectivity index is 1.83. The zero-order chi connectivity index (χ0) is 14.5. The highest BCUT2D eigenvalue weighted by molar-refractivity contribution is 7.11. The van der Waals surface area contributed by atoms with Gasteiger partial charge in [0.25, 0.3) is 0 Å². The molecule has 0 saturated carbocycles. The third-order valence-corrected chi connectivity index (χ3v) is 5.05. The second-order valence-corrected chi connectivity index (χ2v) is 6.78. The summed E-state index contributed by atoms with van der Waals surface area (Å²) in [6.07, 6.45) is 2.07. The maximum absolute atomic E-state index is 9.23. The van der Waals surface area contributed by atoms with Crippen molar-refractivity contribution >= 4 is 11.3 Å². The van der Waals surface area contributed by atoms with Gasteiger partial charge in [0.2, 0.25) is 0 Å². The van der Waals surface area contributed by atoms with Crippen LogP contribution in [0.5, 0.6) is 0 Å². The number of piperazine rings is 1. The molecule has 1 fully saturated rings. The van der Waals surface area contributed by atoms with Gasteiger partial charge in [-0.3, -0.25) is 9.80 Å². The van der Waals surface area contributed by atoms with Crippen molar-refractivity contribution in [2.45, 2.75) is 46.2 Å². The third-order valence-electron chi connectivity index (χ3n) is 3.99. The molecule has 2 rings (SSSR count). The number of aromatic nitrogens is 1. The van der Waals surface area contributed by atoms with E-state index in [1.54, 1.807) is 0 Å². The van der Waals surface area contributed by atoms with Crippen LogP contribution in [0.15, 0.2) is 0 Å². The molecule has 0 amide bonds. The first-order valence-electron chi connectivity index (χ1n) is 7.43. The second-order valence-electron chi connectivity index (χ2n) is 5.49. The first-order valence-corrected chi connectivity index (χ1v) is 8.24. The van der Waals surface area contributed by atoms with E-state index in [-0.39, 0.29) is 6.04 Å². The molecule has 0 aliphatic carbocycles. The van der Waals surface area contributed by atoms with Gasteiger partial charge in [0.1, 0.15) is 5.01 Å². The van der Waals surface area contributed by atoms with Crippen molar-refractivity contribution in [1.29, 1.82) is 5.26 Å². The molecule has 5 heteroatoms. The highest BCUT2D eigenvalue weighted by atomic mass is 32.1. The lowest BCUT2D eigenvalue weighted by Crippen LogP contribution is -2.49. The predicted molar refractivity (Wildman–Crippen MR) is 82.7 cm³/mol. The summed E-state index contributed by atoms with van der Waals surface area (Å²) < 4.78 is 0. The number of hydrogen-bond donors (Lipinski definition) is 0. The SMILES string of the molecule is CCCC(C#N)N1CCN(Cc2nc(C)c(C)s2)CC1. The lowest BCUT2D eigenvalue weighted by Gasteiger charge is -2.36. The Kier molecular flexibility index (Phi) is 5.53. The van der Waals surface area contributed by atoms with Crippen molar-refractivity contribution in [2.75, 3.05) is 26.2 Å². The minimum absolute atomic E-state index is 0.103. The quantitative estimate of drug-likeness (QED) is 0.836. The summed E-state index contributed by atoms with van der Waals surface area (Å²) in [4.78, 5) is 10.7. The molecule has 0 aromatic carbocycles. The van der Waals surface area contributed by atoms with E-state index in [0.29, 0.717) is 0 Å². The van der Waals surface area contributed by atoms with Crippen molar-refractivity contribution < 1.29 is 0 Å². The molecule has 0 bridgehead atoms. The smallest absolute Gasteiger partial charge is 0.107 e. The van der Waals surface area contributed by atoms with E-state index in [2.05, 4.69) is 41.6 Å². The van der Waals surface area contributed by atoms with Crippen molar-refractivity contribution in [2.24, 2.45) is 0 Å². The minimum Gasteiger partial charge on any atom is -0.294 e. The number of rotatable bonds is 5. The molecule has 1 aromatic heterocycles. The summed E-state index contributed by atoms with van der Waals surface area (Å²) in [6.45, 7) is 11.4. The predicted octanol–water partition coefficient (Wildman–Crippen LogP) is 2.57. The van der Waals surface area contributed by atoms with Crippen LogP contribution in [-0.2, 0) is 6.54 Å². The Hall–Kier alpha value is -0.960. The number of nitrogens with zero attached hydrogens (tertiary/aromatic N) is 4. The van der Waals surface area contributed by atoms with Crippen LogP contribution in [0.25, 0.3) is 0 Å². The average molecular weight is 292 g/mol. The van der Waals surface area contributed by atoms with Gasteiger partial charge in [-0.2, -0.15) is 5.26 Å². The van der Waals surface area contributed by atoms with Gasteiger partial charge in [-0.05, 0) is 20.3 Å². The summed E-state index contributed by atoms with van der Waals surface area (Å²) >= 11 is 1.81. The Morgan fingerprint density at radius 1 is 1.30 bits per heavy atom. The molecular weight excluding hydrogens is 268 g/mol. The molecule has 1 aromatic rings. The van der Waals surface area contributed by atoms with Gasteiger partial charge in [0.15, 0.2) is 0 Å². The average Bonchev–Trinajstić information content (AvgIpc) is 2.76. The molecule has 4 nitrogen and oxygen atoms in total. The topological polar surface area (TPSA) is 43.2 Å². The van der Waals surface area contributed by atoms with Crippen molar-refractivity contribution in [3.05, 3.63) is 15.6 Å². The molecule has 2 heterocycles. The molecule has 1 atom stereocenters. The normalized spacial score (nSPS) is 18.9. The second kappa shape index (κ2) is 7.16. The first kappa shape index (κ1) is 15.4. The van der Waals surface area contributed by atoms with E-state index in [9.17, 15) is 5.26 Å². The van der Waals surface area contributed by atoms with Crippen LogP contribution in [0, 0.1) is 25.2 Å². The van der Waals surface area contributed by atoms with Gasteiger partial charge in [0.05, 0.1) is 24.3 Å². The Labute approximate surface area is 126 Å². The molecule has 110 valence electrons. The van der Waals surface area contributed by atoms with E-state index in [0.717, 1.165) is 51.3 Å². The molecule has 0 spiro atoms. The summed E-state index contributed by atoms with van der Waals surface area (Å²) in [7, 11) is 0. The van der Waals surface area contributed by atoms with Crippen molar-refractivity contribution in [3.63, 3.8) is 0 Å². The third kappa shape index (κ3) is 3.78. The van der Waals surface area contributed by atoms with Crippen LogP contribution in [0.3, 0.4) is 0 Å². The number of hydrogen-bond acceptors (Lipinski definition) is 5. The van der Waals surface area contributed by atoms with Crippen LogP contribution in [-0.4, -0.2) is 47.0 Å². The maximum Gasteiger partial charge on any atom is 0.107 e. The molecule has 1 unspecified atom stereocenters. The standard InChI is InChI=1S/C15H24N4S/c1-4-5-14(10-16)19-8-6-18(7-9-19)11-15-17-12(2)13(3)20-15/h14H,4-9,11H2,1-3H3. The fraction of sp³-hybridized carbons (Fsp3) is 0.733. The molecular formula is C15H24N4S.